The lowest BCUT2D eigenvalue weighted by Crippen LogP contribution is -2.07. The van der Waals surface area contributed by atoms with Crippen LogP contribution < -0.4 is 0 Å². The van der Waals surface area contributed by atoms with E-state index in [9.17, 15) is 4.79 Å². The Kier molecular flexibility index (Phi) is 3.01. The molecule has 0 saturated carbocycles. The van der Waals surface area contributed by atoms with Crippen molar-refractivity contribution in [2.45, 2.75) is 10.2 Å². The van der Waals surface area contributed by atoms with Crippen molar-refractivity contribution in [3.8, 4) is 0 Å². The minimum atomic E-state index is -1.05. The van der Waals surface area contributed by atoms with Gasteiger partial charge in [-0.1, -0.05) is 11.8 Å². The van der Waals surface area contributed by atoms with Gasteiger partial charge in [-0.25, -0.2) is 19.3 Å². The van der Waals surface area contributed by atoms with Gasteiger partial charge in [0.1, 0.15) is 5.03 Å². The summed E-state index contributed by atoms with van der Waals surface area (Å²) >= 11 is 2.77. The summed E-state index contributed by atoms with van der Waals surface area (Å²) in [6, 6.07) is 0. The maximum absolute atomic E-state index is 10.9. The molecule has 0 radical (unpaired) electrons. The molecular formula is C8H8N4O2S2. The van der Waals surface area contributed by atoms with E-state index >= 15 is 0 Å². The van der Waals surface area contributed by atoms with Crippen molar-refractivity contribution in [2.75, 3.05) is 12.5 Å². The molecule has 84 valence electrons. The molecule has 16 heavy (non-hydrogen) atoms. The fourth-order valence-electron chi connectivity index (χ4n) is 1.21. The fourth-order valence-corrected chi connectivity index (χ4v) is 2.11. The molecule has 8 heteroatoms. The number of rotatable bonds is 3. The number of aromatic carboxylic acids is 1. The number of carbonyl (C=O) groups is 1. The van der Waals surface area contributed by atoms with Gasteiger partial charge in [-0.05, 0) is 12.5 Å². The molecular weight excluding hydrogens is 248 g/mol. The second kappa shape index (κ2) is 4.30. The van der Waals surface area contributed by atoms with E-state index in [-0.39, 0.29) is 5.69 Å². The maximum Gasteiger partial charge on any atom is 0.356 e. The maximum atomic E-state index is 10.9. The van der Waals surface area contributed by atoms with Crippen LogP contribution in [0.15, 0.2) is 16.4 Å². The highest BCUT2D eigenvalue weighted by molar-refractivity contribution is 7.99. The molecule has 0 unspecified atom stereocenters. The van der Waals surface area contributed by atoms with E-state index in [0.717, 1.165) is 0 Å². The molecule has 0 saturated heterocycles. The minimum Gasteiger partial charge on any atom is -0.476 e. The Hall–Kier alpha value is -1.28. The number of thioether (sulfide) groups is 2. The van der Waals surface area contributed by atoms with Gasteiger partial charge in [0.05, 0.1) is 6.20 Å². The molecule has 2 aromatic rings. The molecule has 0 spiro atoms. The summed E-state index contributed by atoms with van der Waals surface area (Å²) in [6.07, 6.45) is 4.99. The van der Waals surface area contributed by atoms with Crippen LogP contribution in [-0.4, -0.2) is 43.2 Å². The Labute approximate surface area is 99.5 Å². The van der Waals surface area contributed by atoms with Crippen LogP contribution in [0.1, 0.15) is 10.5 Å². The number of carboxylic acids is 1. The summed E-state index contributed by atoms with van der Waals surface area (Å²) in [5.74, 6) is -1.05. The number of hydrogen-bond acceptors (Lipinski definition) is 6. The van der Waals surface area contributed by atoms with E-state index in [4.69, 9.17) is 5.11 Å². The van der Waals surface area contributed by atoms with E-state index in [1.807, 2.05) is 12.5 Å². The standard InChI is InChI=1S/C8H8N4O2S2/c1-15-6-5-9-3-4(7(13)14)12(5)11-8(10-6)16-2/h3H,1-2H3,(H,13,14). The second-order valence-corrected chi connectivity index (χ2v) is 4.36. The van der Waals surface area contributed by atoms with Gasteiger partial charge in [-0.15, -0.1) is 16.9 Å². The predicted octanol–water partition coefficient (Wildman–Crippen LogP) is 1.27. The zero-order valence-electron chi connectivity index (χ0n) is 8.54. The molecule has 2 aromatic heterocycles. The third-order valence-electron chi connectivity index (χ3n) is 1.91. The molecule has 0 aliphatic heterocycles. The number of carboxylic acid groups (broad SMARTS) is 1. The van der Waals surface area contributed by atoms with Crippen molar-refractivity contribution in [3.05, 3.63) is 11.9 Å². The van der Waals surface area contributed by atoms with Crippen molar-refractivity contribution in [3.63, 3.8) is 0 Å². The molecule has 0 bridgehead atoms. The summed E-state index contributed by atoms with van der Waals surface area (Å²) in [7, 11) is 0. The van der Waals surface area contributed by atoms with Crippen LogP contribution in [0.3, 0.4) is 0 Å². The van der Waals surface area contributed by atoms with Crippen LogP contribution in [0.4, 0.5) is 0 Å². The van der Waals surface area contributed by atoms with E-state index < -0.39 is 5.97 Å². The van der Waals surface area contributed by atoms with Crippen molar-refractivity contribution >= 4 is 35.1 Å². The van der Waals surface area contributed by atoms with Gasteiger partial charge in [0.2, 0.25) is 5.16 Å². The number of hydrogen-bond donors (Lipinski definition) is 1. The molecule has 1 N–H and O–H groups in total. The number of fused-ring (bicyclic) bond motifs is 1. The highest BCUT2D eigenvalue weighted by atomic mass is 32.2. The first kappa shape index (κ1) is 11.2. The molecule has 2 rings (SSSR count). The van der Waals surface area contributed by atoms with Gasteiger partial charge in [-0.3, -0.25) is 0 Å². The summed E-state index contributed by atoms with van der Waals surface area (Å²) in [4.78, 5) is 19.2. The molecule has 0 aliphatic carbocycles. The summed E-state index contributed by atoms with van der Waals surface area (Å²) in [5, 5.41) is 14.3. The Balaban J connectivity index is 2.76. The largest absolute Gasteiger partial charge is 0.476 e. The highest BCUT2D eigenvalue weighted by Crippen LogP contribution is 2.21. The Morgan fingerprint density at radius 1 is 1.44 bits per heavy atom. The number of nitrogens with zero attached hydrogens (tertiary/aromatic N) is 4. The first-order valence-corrected chi connectivity index (χ1v) is 6.69. The number of imidazole rings is 1. The molecule has 0 aliphatic rings. The monoisotopic (exact) mass is 256 g/mol. The van der Waals surface area contributed by atoms with E-state index in [1.54, 1.807) is 0 Å². The summed E-state index contributed by atoms with van der Waals surface area (Å²) < 4.78 is 1.31. The average molecular weight is 256 g/mol. The summed E-state index contributed by atoms with van der Waals surface area (Å²) in [6.45, 7) is 0. The van der Waals surface area contributed by atoms with Crippen LogP contribution in [0.2, 0.25) is 0 Å². The predicted molar refractivity (Wildman–Crippen MR) is 61.3 cm³/mol. The van der Waals surface area contributed by atoms with Gasteiger partial charge < -0.3 is 5.11 Å². The van der Waals surface area contributed by atoms with Crippen LogP contribution in [0, 0.1) is 0 Å². The highest BCUT2D eigenvalue weighted by Gasteiger charge is 2.16. The van der Waals surface area contributed by atoms with E-state index in [1.165, 1.54) is 34.2 Å². The number of aromatic nitrogens is 4. The van der Waals surface area contributed by atoms with Gasteiger partial charge in [-0.2, -0.15) is 0 Å². The van der Waals surface area contributed by atoms with Crippen LogP contribution in [0.25, 0.3) is 5.65 Å². The molecule has 6 nitrogen and oxygen atoms in total. The topological polar surface area (TPSA) is 80.4 Å². The van der Waals surface area contributed by atoms with Gasteiger partial charge in [0.25, 0.3) is 0 Å². The van der Waals surface area contributed by atoms with Crippen LogP contribution in [0.5, 0.6) is 0 Å². The third-order valence-corrected chi connectivity index (χ3v) is 3.11. The molecule has 0 amide bonds. The Morgan fingerprint density at radius 2 is 2.19 bits per heavy atom. The Bertz CT molecular complexity index is 554. The molecule has 0 aromatic carbocycles. The van der Waals surface area contributed by atoms with Crippen molar-refractivity contribution < 1.29 is 9.90 Å². The lowest BCUT2D eigenvalue weighted by atomic mass is 10.5. The summed E-state index contributed by atoms with van der Waals surface area (Å²) in [5.41, 5.74) is 0.519. The van der Waals surface area contributed by atoms with Gasteiger partial charge in [0.15, 0.2) is 11.3 Å². The van der Waals surface area contributed by atoms with Crippen molar-refractivity contribution in [1.82, 2.24) is 19.6 Å². The van der Waals surface area contributed by atoms with Crippen molar-refractivity contribution in [1.29, 1.82) is 0 Å². The zero-order valence-corrected chi connectivity index (χ0v) is 10.2. The van der Waals surface area contributed by atoms with Crippen LogP contribution >= 0.6 is 23.5 Å². The lowest BCUT2D eigenvalue weighted by Gasteiger charge is -2.02. The smallest absolute Gasteiger partial charge is 0.356 e. The second-order valence-electron chi connectivity index (χ2n) is 2.79. The molecule has 0 fully saturated rings. The molecule has 0 atom stereocenters. The third kappa shape index (κ3) is 1.74. The van der Waals surface area contributed by atoms with E-state index in [0.29, 0.717) is 15.8 Å². The minimum absolute atomic E-state index is 0.0444. The zero-order chi connectivity index (χ0) is 11.7. The molecule has 2 heterocycles. The van der Waals surface area contributed by atoms with Gasteiger partial charge >= 0.3 is 5.97 Å². The SMILES string of the molecule is CSc1nc(SC)c2ncc(C(=O)O)n2n1. The average Bonchev–Trinajstić information content (AvgIpc) is 2.71. The van der Waals surface area contributed by atoms with Crippen molar-refractivity contribution in [2.24, 2.45) is 0 Å². The lowest BCUT2D eigenvalue weighted by molar-refractivity contribution is 0.0687. The fraction of sp³-hybridized carbons (Fsp3) is 0.250. The van der Waals surface area contributed by atoms with Crippen LogP contribution in [-0.2, 0) is 0 Å². The quantitative estimate of drug-likeness (QED) is 0.828. The van der Waals surface area contributed by atoms with Gasteiger partial charge in [0, 0.05) is 0 Å². The normalized spacial score (nSPS) is 10.9. The van der Waals surface area contributed by atoms with E-state index in [2.05, 4.69) is 15.1 Å². The first-order valence-electron chi connectivity index (χ1n) is 4.24. The first-order chi connectivity index (χ1) is 7.67. The Morgan fingerprint density at radius 3 is 2.75 bits per heavy atom.